The Morgan fingerprint density at radius 1 is 0.927 bits per heavy atom. The first-order chi connectivity index (χ1) is 19.8. The molecule has 3 N–H and O–H groups in total. The monoisotopic (exact) mass is 583 g/mol. The number of piperidine rings is 2. The molecule has 0 radical (unpaired) electrons. The number of alkyl halides is 3. The van der Waals surface area contributed by atoms with Gasteiger partial charge in [0.25, 0.3) is 5.91 Å². The summed E-state index contributed by atoms with van der Waals surface area (Å²) in [5, 5.41) is 3.74. The van der Waals surface area contributed by atoms with Crippen molar-refractivity contribution in [2.45, 2.75) is 43.9 Å². The molecule has 0 atom stereocenters. The molecule has 2 aromatic carbocycles. The number of rotatable bonds is 5. The molecule has 4 heterocycles. The van der Waals surface area contributed by atoms with E-state index in [9.17, 15) is 18.0 Å². The van der Waals surface area contributed by atoms with Gasteiger partial charge in [-0.15, -0.1) is 11.3 Å². The molecule has 0 spiro atoms. The second kappa shape index (κ2) is 12.9. The number of primary amides is 1. The number of nitrogens with two attached hydrogens (primary N) is 1. The minimum Gasteiger partial charge on any atom is -0.474 e. The highest BCUT2D eigenvalue weighted by Crippen LogP contribution is 2.32. The smallest absolute Gasteiger partial charge is 0.416 e. The largest absolute Gasteiger partial charge is 0.474 e. The van der Waals surface area contributed by atoms with Gasteiger partial charge in [-0.3, -0.25) is 4.79 Å². The van der Waals surface area contributed by atoms with Gasteiger partial charge in [0.1, 0.15) is 6.10 Å². The Balaban J connectivity index is 0.000000234. The second-order valence-corrected chi connectivity index (χ2v) is 11.2. The number of nitrogens with one attached hydrogen (secondary N) is 1. The van der Waals surface area contributed by atoms with Crippen LogP contribution in [-0.2, 0) is 6.18 Å². The summed E-state index contributed by atoms with van der Waals surface area (Å²) in [6.07, 6.45) is -0.379. The maximum absolute atomic E-state index is 12.7. The lowest BCUT2D eigenvalue weighted by Gasteiger charge is -2.33. The topological polar surface area (TPSA) is 93.4 Å². The van der Waals surface area contributed by atoms with E-state index in [0.29, 0.717) is 16.8 Å². The van der Waals surface area contributed by atoms with Crippen molar-refractivity contribution in [1.82, 2.24) is 15.3 Å². The van der Waals surface area contributed by atoms with Gasteiger partial charge in [0.2, 0.25) is 5.88 Å². The molecule has 41 heavy (non-hydrogen) atoms. The molecule has 2 saturated heterocycles. The van der Waals surface area contributed by atoms with Gasteiger partial charge < -0.3 is 20.7 Å². The Morgan fingerprint density at radius 2 is 1.63 bits per heavy atom. The fraction of sp³-hybridized carbons (Fsp3) is 0.367. The summed E-state index contributed by atoms with van der Waals surface area (Å²) < 4.78 is 45.3. The van der Waals surface area contributed by atoms with Crippen LogP contribution in [0.2, 0.25) is 0 Å². The van der Waals surface area contributed by atoms with E-state index in [0.717, 1.165) is 85.6 Å². The van der Waals surface area contributed by atoms with E-state index in [1.165, 1.54) is 11.3 Å². The van der Waals surface area contributed by atoms with E-state index in [1.807, 2.05) is 36.4 Å². The van der Waals surface area contributed by atoms with Crippen LogP contribution in [0.4, 0.5) is 18.9 Å². The molecular weight excluding hydrogens is 551 g/mol. The van der Waals surface area contributed by atoms with Crippen molar-refractivity contribution in [2.24, 2.45) is 5.73 Å². The quantitative estimate of drug-likeness (QED) is 0.299. The number of fused-ring (bicyclic) bond motifs is 1. The number of carbonyl (C=O) groups excluding carboxylic acids is 1. The molecule has 2 fully saturated rings. The zero-order valence-corrected chi connectivity index (χ0v) is 23.3. The Kier molecular flexibility index (Phi) is 9.04. The maximum Gasteiger partial charge on any atom is 0.416 e. The van der Waals surface area contributed by atoms with Crippen LogP contribution in [0.15, 0.2) is 66.7 Å². The van der Waals surface area contributed by atoms with Crippen molar-refractivity contribution >= 4 is 33.1 Å². The van der Waals surface area contributed by atoms with Crippen molar-refractivity contribution in [3.05, 3.63) is 83.0 Å². The van der Waals surface area contributed by atoms with Gasteiger partial charge >= 0.3 is 6.18 Å². The molecule has 1 amide bonds. The Bertz CT molecular complexity index is 1410. The third kappa shape index (κ3) is 7.53. The summed E-state index contributed by atoms with van der Waals surface area (Å²) in [4.78, 5) is 21.6. The lowest BCUT2D eigenvalue weighted by molar-refractivity contribution is -0.137. The van der Waals surface area contributed by atoms with Crippen LogP contribution in [0, 0.1) is 0 Å². The third-order valence-electron chi connectivity index (χ3n) is 7.30. The number of anilines is 1. The highest BCUT2D eigenvalue weighted by molar-refractivity contribution is 7.20. The number of aromatic nitrogens is 2. The van der Waals surface area contributed by atoms with E-state index in [2.05, 4.69) is 21.3 Å². The molecule has 2 aromatic heterocycles. The van der Waals surface area contributed by atoms with Gasteiger partial charge in [-0.05, 0) is 68.4 Å². The first kappa shape index (κ1) is 28.8. The van der Waals surface area contributed by atoms with Crippen molar-refractivity contribution in [1.29, 1.82) is 0 Å². The van der Waals surface area contributed by atoms with Gasteiger partial charge in [-0.2, -0.15) is 13.2 Å². The predicted octanol–water partition coefficient (Wildman–Crippen LogP) is 6.01. The number of halogens is 3. The number of carbonyl (C=O) groups is 1. The zero-order valence-electron chi connectivity index (χ0n) is 22.4. The summed E-state index contributed by atoms with van der Waals surface area (Å²) in [7, 11) is 0. The summed E-state index contributed by atoms with van der Waals surface area (Å²) in [6, 6.07) is 19.0. The normalized spacial score (nSPS) is 16.7. The zero-order chi connectivity index (χ0) is 28.8. The van der Waals surface area contributed by atoms with E-state index in [-0.39, 0.29) is 6.10 Å². The number of pyridine rings is 1. The molecule has 216 valence electrons. The second-order valence-electron chi connectivity index (χ2n) is 10.1. The summed E-state index contributed by atoms with van der Waals surface area (Å²) in [5.74, 6) is 0.700. The van der Waals surface area contributed by atoms with Gasteiger partial charge in [0, 0.05) is 49.3 Å². The number of amides is 1. The molecule has 0 saturated carbocycles. The number of para-hydroxylation sites is 1. The molecule has 4 aromatic rings. The number of hydrogen-bond donors (Lipinski definition) is 2. The van der Waals surface area contributed by atoms with Crippen molar-refractivity contribution in [3.63, 3.8) is 0 Å². The average molecular weight is 584 g/mol. The Hall–Kier alpha value is -3.70. The lowest BCUT2D eigenvalue weighted by Crippen LogP contribution is -2.38. The van der Waals surface area contributed by atoms with Gasteiger partial charge in [0.15, 0.2) is 5.01 Å². The van der Waals surface area contributed by atoms with Crippen molar-refractivity contribution in [2.75, 3.05) is 31.1 Å². The maximum atomic E-state index is 12.7. The Morgan fingerprint density at radius 3 is 2.29 bits per heavy atom. The molecule has 2 aliphatic rings. The first-order valence-corrected chi connectivity index (χ1v) is 14.5. The first-order valence-electron chi connectivity index (χ1n) is 13.7. The molecule has 6 rings (SSSR count). The SMILES string of the molecule is FC(F)(F)c1ccc(N2CCC(Oc3cccc(C4CCNCC4)n3)CC2)cc1.NC(=O)c1nc2ccccc2s1. The van der Waals surface area contributed by atoms with Crippen LogP contribution in [0.5, 0.6) is 5.88 Å². The van der Waals surface area contributed by atoms with Crippen molar-refractivity contribution in [3.8, 4) is 5.88 Å². The minimum absolute atomic E-state index is 0.0801. The highest BCUT2D eigenvalue weighted by Gasteiger charge is 2.30. The van der Waals surface area contributed by atoms with Gasteiger partial charge in [-0.1, -0.05) is 18.2 Å². The highest BCUT2D eigenvalue weighted by atomic mass is 32.1. The van der Waals surface area contributed by atoms with Crippen LogP contribution >= 0.6 is 11.3 Å². The van der Waals surface area contributed by atoms with Gasteiger partial charge in [0.05, 0.1) is 15.8 Å². The fourth-order valence-corrected chi connectivity index (χ4v) is 5.90. The van der Waals surface area contributed by atoms with E-state index in [4.69, 9.17) is 15.5 Å². The number of nitrogens with zero attached hydrogens (tertiary/aromatic N) is 3. The van der Waals surface area contributed by atoms with Crippen LogP contribution in [0.1, 0.15) is 52.7 Å². The lowest BCUT2D eigenvalue weighted by atomic mass is 9.94. The molecule has 0 aliphatic carbocycles. The summed E-state index contributed by atoms with van der Waals surface area (Å²) in [5.41, 5.74) is 7.23. The van der Waals surface area contributed by atoms with E-state index >= 15 is 0 Å². The predicted molar refractivity (Wildman–Crippen MR) is 155 cm³/mol. The van der Waals surface area contributed by atoms with E-state index in [1.54, 1.807) is 12.1 Å². The van der Waals surface area contributed by atoms with Crippen LogP contribution in [-0.4, -0.2) is 48.2 Å². The summed E-state index contributed by atoms with van der Waals surface area (Å²) in [6.45, 7) is 3.56. The number of hydrogen-bond acceptors (Lipinski definition) is 7. The number of thiazole rings is 1. The standard InChI is InChI=1S/C22H26F3N3O.C8H6N2OS/c23-22(24,25)17-4-6-18(7-5-17)28-14-10-19(11-15-28)29-21-3-1-2-20(27-21)16-8-12-26-13-9-16;9-7(11)8-10-5-3-1-2-4-6(5)12-8/h1-7,16,19,26H,8-15H2;1-4H,(H2,9,11). The third-order valence-corrected chi connectivity index (χ3v) is 8.35. The molecular formula is C30H32F3N5O2S. The van der Waals surface area contributed by atoms with E-state index < -0.39 is 17.6 Å². The Labute approximate surface area is 240 Å². The van der Waals surface area contributed by atoms with Crippen LogP contribution < -0.4 is 20.7 Å². The van der Waals surface area contributed by atoms with Crippen molar-refractivity contribution < 1.29 is 22.7 Å². The molecule has 7 nitrogen and oxygen atoms in total. The van der Waals surface area contributed by atoms with Crippen LogP contribution in [0.25, 0.3) is 10.2 Å². The van der Waals surface area contributed by atoms with Gasteiger partial charge in [-0.25, -0.2) is 9.97 Å². The number of benzene rings is 2. The summed E-state index contributed by atoms with van der Waals surface area (Å²) >= 11 is 1.32. The fourth-order valence-electron chi connectivity index (χ4n) is 5.08. The molecule has 0 unspecified atom stereocenters. The molecule has 2 aliphatic heterocycles. The number of ether oxygens (including phenoxy) is 1. The molecule has 0 bridgehead atoms. The average Bonchev–Trinajstić information content (AvgIpc) is 3.43. The van der Waals surface area contributed by atoms with Crippen LogP contribution in [0.3, 0.4) is 0 Å². The minimum atomic E-state index is -4.30. The molecule has 11 heteroatoms.